The third-order valence-electron chi connectivity index (χ3n) is 3.69. The lowest BCUT2D eigenvalue weighted by atomic mass is 10.1. The van der Waals surface area contributed by atoms with E-state index in [9.17, 15) is 14.0 Å². The highest BCUT2D eigenvalue weighted by atomic mass is 19.1. The van der Waals surface area contributed by atoms with Crippen molar-refractivity contribution in [2.24, 2.45) is 0 Å². The molecule has 18 heavy (non-hydrogen) atoms. The standard InChI is InChI=1S/C14H12FNO2/c1-2-7-14(8-11(14)15)16-12(17)9-5-3-4-6-10(9)13(16)18/h2-6,11H,1,7-8H2/t11?,14-/m0/s1. The first kappa shape index (κ1) is 11.1. The molecule has 92 valence electrons. The minimum absolute atomic E-state index is 0.213. The van der Waals surface area contributed by atoms with Gasteiger partial charge in [0.25, 0.3) is 11.8 Å². The number of amides is 2. The number of hydrogen-bond donors (Lipinski definition) is 0. The van der Waals surface area contributed by atoms with Gasteiger partial charge in [0.1, 0.15) is 6.17 Å². The summed E-state index contributed by atoms with van der Waals surface area (Å²) in [4.78, 5) is 25.5. The van der Waals surface area contributed by atoms with Crippen LogP contribution in [0.3, 0.4) is 0 Å². The Labute approximate surface area is 104 Å². The number of imide groups is 1. The van der Waals surface area contributed by atoms with Gasteiger partial charge in [-0.05, 0) is 18.6 Å². The summed E-state index contributed by atoms with van der Waals surface area (Å²) in [5.41, 5.74) is -0.260. The summed E-state index contributed by atoms with van der Waals surface area (Å²) >= 11 is 0. The van der Waals surface area contributed by atoms with E-state index < -0.39 is 23.5 Å². The molecule has 0 saturated heterocycles. The van der Waals surface area contributed by atoms with Crippen molar-refractivity contribution in [3.8, 4) is 0 Å². The quantitative estimate of drug-likeness (QED) is 0.605. The molecule has 0 bridgehead atoms. The third kappa shape index (κ3) is 1.23. The van der Waals surface area contributed by atoms with Crippen LogP contribution in [0.5, 0.6) is 0 Å². The van der Waals surface area contributed by atoms with Gasteiger partial charge in [-0.25, -0.2) is 4.39 Å². The number of nitrogens with zero attached hydrogens (tertiary/aromatic N) is 1. The summed E-state index contributed by atoms with van der Waals surface area (Å²) in [6, 6.07) is 6.61. The lowest BCUT2D eigenvalue weighted by Crippen LogP contribution is -2.43. The number of hydrogen-bond acceptors (Lipinski definition) is 2. The molecule has 0 spiro atoms. The monoisotopic (exact) mass is 245 g/mol. The fraction of sp³-hybridized carbons (Fsp3) is 0.286. The Hall–Kier alpha value is -1.97. The van der Waals surface area contributed by atoms with Gasteiger partial charge in [0.2, 0.25) is 0 Å². The Balaban J connectivity index is 2.05. The van der Waals surface area contributed by atoms with Gasteiger partial charge in [0.05, 0.1) is 16.7 Å². The van der Waals surface area contributed by atoms with Crippen molar-refractivity contribution in [1.29, 1.82) is 0 Å². The molecule has 2 atom stereocenters. The van der Waals surface area contributed by atoms with E-state index >= 15 is 0 Å². The summed E-state index contributed by atoms with van der Waals surface area (Å²) in [5, 5.41) is 0. The molecule has 2 amide bonds. The summed E-state index contributed by atoms with van der Waals surface area (Å²) in [5.74, 6) is -0.782. The molecule has 1 saturated carbocycles. The van der Waals surface area contributed by atoms with E-state index in [0.717, 1.165) is 4.90 Å². The van der Waals surface area contributed by atoms with Gasteiger partial charge in [0.15, 0.2) is 0 Å². The molecular weight excluding hydrogens is 233 g/mol. The zero-order valence-electron chi connectivity index (χ0n) is 9.73. The molecule has 3 nitrogen and oxygen atoms in total. The van der Waals surface area contributed by atoms with Crippen LogP contribution < -0.4 is 0 Å². The van der Waals surface area contributed by atoms with E-state index in [-0.39, 0.29) is 6.42 Å². The number of carbonyl (C=O) groups excluding carboxylic acids is 2. The predicted molar refractivity (Wildman–Crippen MR) is 64.0 cm³/mol. The summed E-state index contributed by atoms with van der Waals surface area (Å²) in [7, 11) is 0. The Bertz CT molecular complexity index is 534. The number of carbonyl (C=O) groups is 2. The minimum Gasteiger partial charge on any atom is -0.269 e. The second kappa shape index (κ2) is 3.51. The second-order valence-corrected chi connectivity index (χ2v) is 4.76. The molecule has 0 N–H and O–H groups in total. The van der Waals surface area contributed by atoms with Crippen molar-refractivity contribution < 1.29 is 14.0 Å². The summed E-state index contributed by atoms with van der Waals surface area (Å²) in [6.45, 7) is 3.57. The van der Waals surface area contributed by atoms with Crippen LogP contribution in [0.25, 0.3) is 0 Å². The van der Waals surface area contributed by atoms with Crippen LogP contribution in [0.2, 0.25) is 0 Å². The highest BCUT2D eigenvalue weighted by molar-refractivity contribution is 6.22. The van der Waals surface area contributed by atoms with E-state index in [1.807, 2.05) is 0 Å². The fourth-order valence-corrected chi connectivity index (χ4v) is 2.63. The highest BCUT2D eigenvalue weighted by Gasteiger charge is 2.64. The average molecular weight is 245 g/mol. The SMILES string of the molecule is C=CC[C@]1(N2C(=O)c3ccccc3C2=O)CC1F. The molecule has 0 aromatic heterocycles. The smallest absolute Gasteiger partial charge is 0.262 e. The van der Waals surface area contributed by atoms with E-state index in [1.54, 1.807) is 30.3 Å². The lowest BCUT2D eigenvalue weighted by Gasteiger charge is -2.24. The van der Waals surface area contributed by atoms with Crippen LogP contribution in [0.15, 0.2) is 36.9 Å². The van der Waals surface area contributed by atoms with Crippen LogP contribution in [-0.2, 0) is 0 Å². The maximum Gasteiger partial charge on any atom is 0.262 e. The van der Waals surface area contributed by atoms with Crippen molar-refractivity contribution >= 4 is 11.8 Å². The number of fused-ring (bicyclic) bond motifs is 1. The summed E-state index contributed by atoms with van der Waals surface area (Å²) < 4.78 is 13.6. The Morgan fingerprint density at radius 1 is 1.33 bits per heavy atom. The number of halogens is 1. The van der Waals surface area contributed by atoms with Gasteiger partial charge >= 0.3 is 0 Å². The fourth-order valence-electron chi connectivity index (χ4n) is 2.63. The van der Waals surface area contributed by atoms with E-state index in [2.05, 4.69) is 6.58 Å². The zero-order chi connectivity index (χ0) is 12.9. The van der Waals surface area contributed by atoms with Crippen LogP contribution in [-0.4, -0.2) is 28.4 Å². The van der Waals surface area contributed by atoms with Gasteiger partial charge in [-0.1, -0.05) is 18.2 Å². The molecule has 1 fully saturated rings. The van der Waals surface area contributed by atoms with Gasteiger partial charge in [-0.2, -0.15) is 0 Å². The number of rotatable bonds is 3. The number of benzene rings is 1. The van der Waals surface area contributed by atoms with Crippen LogP contribution in [0, 0.1) is 0 Å². The second-order valence-electron chi connectivity index (χ2n) is 4.76. The maximum atomic E-state index is 13.6. The zero-order valence-corrected chi connectivity index (χ0v) is 9.73. The molecule has 1 heterocycles. The molecule has 1 aromatic rings. The van der Waals surface area contributed by atoms with Crippen LogP contribution >= 0.6 is 0 Å². The van der Waals surface area contributed by atoms with E-state index in [1.165, 1.54) is 0 Å². The van der Waals surface area contributed by atoms with Gasteiger partial charge in [0, 0.05) is 6.42 Å². The molecule has 2 aliphatic rings. The Morgan fingerprint density at radius 2 is 1.83 bits per heavy atom. The normalized spacial score (nSPS) is 29.4. The minimum atomic E-state index is -1.14. The van der Waals surface area contributed by atoms with Crippen molar-refractivity contribution in [2.75, 3.05) is 0 Å². The molecular formula is C14H12FNO2. The lowest BCUT2D eigenvalue weighted by molar-refractivity contribution is 0.0534. The Kier molecular flexibility index (Phi) is 2.17. The first-order valence-electron chi connectivity index (χ1n) is 5.85. The highest BCUT2D eigenvalue weighted by Crippen LogP contribution is 2.50. The van der Waals surface area contributed by atoms with Gasteiger partial charge < -0.3 is 0 Å². The van der Waals surface area contributed by atoms with Crippen molar-refractivity contribution in [3.05, 3.63) is 48.0 Å². The third-order valence-corrected chi connectivity index (χ3v) is 3.69. The van der Waals surface area contributed by atoms with E-state index in [0.29, 0.717) is 17.5 Å². The topological polar surface area (TPSA) is 37.4 Å². The first-order valence-corrected chi connectivity index (χ1v) is 5.85. The first-order chi connectivity index (χ1) is 8.62. The van der Waals surface area contributed by atoms with E-state index in [4.69, 9.17) is 0 Å². The van der Waals surface area contributed by atoms with Crippen molar-refractivity contribution in [1.82, 2.24) is 4.90 Å². The summed E-state index contributed by atoms with van der Waals surface area (Å²) in [6.07, 6.45) is 0.936. The average Bonchev–Trinajstić information content (AvgIpc) is 2.92. The van der Waals surface area contributed by atoms with Crippen LogP contribution in [0.4, 0.5) is 4.39 Å². The predicted octanol–water partition coefficient (Wildman–Crippen LogP) is 2.34. The molecule has 1 unspecified atom stereocenters. The molecule has 1 aromatic carbocycles. The van der Waals surface area contributed by atoms with Crippen LogP contribution in [0.1, 0.15) is 33.6 Å². The number of alkyl halides is 1. The van der Waals surface area contributed by atoms with Gasteiger partial charge in [-0.15, -0.1) is 6.58 Å². The van der Waals surface area contributed by atoms with Crippen molar-refractivity contribution in [2.45, 2.75) is 24.6 Å². The molecule has 3 rings (SSSR count). The van der Waals surface area contributed by atoms with Gasteiger partial charge in [-0.3, -0.25) is 14.5 Å². The largest absolute Gasteiger partial charge is 0.269 e. The molecule has 0 radical (unpaired) electrons. The molecule has 1 aliphatic heterocycles. The molecule has 1 aliphatic carbocycles. The Morgan fingerprint density at radius 3 is 2.22 bits per heavy atom. The van der Waals surface area contributed by atoms with Crippen molar-refractivity contribution in [3.63, 3.8) is 0 Å². The maximum absolute atomic E-state index is 13.6. The molecule has 4 heteroatoms.